The van der Waals surface area contributed by atoms with Crippen LogP contribution in [0.1, 0.15) is 64.4 Å². The Labute approximate surface area is 189 Å². The Kier molecular flexibility index (Phi) is 8.39. The summed E-state index contributed by atoms with van der Waals surface area (Å²) >= 11 is 0. The number of hydrogen-bond donors (Lipinski definition) is 2. The number of carbonyl (C=O) groups is 4. The number of nitrogens with zero attached hydrogens (tertiary/aromatic N) is 1. The average molecular weight is 444 g/mol. The van der Waals surface area contributed by atoms with Crippen molar-refractivity contribution in [1.82, 2.24) is 15.7 Å². The largest absolute Gasteiger partial charge is 0.344 e. The van der Waals surface area contributed by atoms with Crippen molar-refractivity contribution in [3.05, 3.63) is 35.9 Å². The SMILES string of the molecule is CCC[C@H](NC(=O)[C@@H]1C[C@@H]2CCCC[C@@H]2N1C(C)=O)C(=O)C(=O)NOCc1ccccc1. The van der Waals surface area contributed by atoms with Crippen LogP contribution in [0, 0.1) is 5.92 Å². The monoisotopic (exact) mass is 443 g/mol. The average Bonchev–Trinajstić information content (AvgIpc) is 3.19. The number of fused-ring (bicyclic) bond motifs is 1. The van der Waals surface area contributed by atoms with E-state index in [1.165, 1.54) is 6.92 Å². The third kappa shape index (κ3) is 5.73. The van der Waals surface area contributed by atoms with Crippen molar-refractivity contribution < 1.29 is 24.0 Å². The van der Waals surface area contributed by atoms with E-state index in [0.29, 0.717) is 25.2 Å². The Morgan fingerprint density at radius 3 is 2.53 bits per heavy atom. The fourth-order valence-electron chi connectivity index (χ4n) is 4.94. The highest BCUT2D eigenvalue weighted by Gasteiger charge is 2.46. The van der Waals surface area contributed by atoms with Crippen molar-refractivity contribution in [2.75, 3.05) is 0 Å². The second kappa shape index (κ2) is 11.2. The summed E-state index contributed by atoms with van der Waals surface area (Å²) in [6.45, 7) is 3.49. The second-order valence-corrected chi connectivity index (χ2v) is 8.71. The molecule has 0 spiro atoms. The number of likely N-dealkylation sites (tertiary alicyclic amines) is 1. The number of nitrogens with one attached hydrogen (secondary N) is 2. The van der Waals surface area contributed by atoms with Gasteiger partial charge in [0.1, 0.15) is 6.04 Å². The van der Waals surface area contributed by atoms with Crippen molar-refractivity contribution in [2.24, 2.45) is 5.92 Å². The van der Waals surface area contributed by atoms with E-state index < -0.39 is 23.8 Å². The number of hydroxylamine groups is 1. The minimum Gasteiger partial charge on any atom is -0.344 e. The molecule has 3 rings (SSSR count). The third-order valence-electron chi connectivity index (χ3n) is 6.43. The molecule has 2 aliphatic rings. The Morgan fingerprint density at radius 2 is 1.84 bits per heavy atom. The number of amides is 3. The molecule has 1 saturated carbocycles. The first-order valence-corrected chi connectivity index (χ1v) is 11.5. The number of carbonyl (C=O) groups excluding carboxylic acids is 4. The molecule has 2 N–H and O–H groups in total. The van der Waals surface area contributed by atoms with Crippen molar-refractivity contribution in [3.8, 4) is 0 Å². The molecule has 1 aliphatic heterocycles. The van der Waals surface area contributed by atoms with Gasteiger partial charge in [0.15, 0.2) is 0 Å². The Hall–Kier alpha value is -2.74. The second-order valence-electron chi connectivity index (χ2n) is 8.71. The molecule has 1 aromatic rings. The normalized spacial score (nSPS) is 23.2. The topological polar surface area (TPSA) is 105 Å². The molecule has 8 nitrogen and oxygen atoms in total. The third-order valence-corrected chi connectivity index (χ3v) is 6.43. The smallest absolute Gasteiger partial charge is 0.313 e. The van der Waals surface area contributed by atoms with Crippen LogP contribution in [0.5, 0.6) is 0 Å². The van der Waals surface area contributed by atoms with Crippen LogP contribution in [-0.2, 0) is 30.6 Å². The van der Waals surface area contributed by atoms with Crippen molar-refractivity contribution >= 4 is 23.5 Å². The van der Waals surface area contributed by atoms with E-state index in [9.17, 15) is 19.2 Å². The Balaban J connectivity index is 1.59. The Bertz CT molecular complexity index is 828. The highest BCUT2D eigenvalue weighted by molar-refractivity contribution is 6.38. The summed E-state index contributed by atoms with van der Waals surface area (Å²) in [6, 6.07) is 7.80. The van der Waals surface area contributed by atoms with Gasteiger partial charge in [-0.15, -0.1) is 0 Å². The summed E-state index contributed by atoms with van der Waals surface area (Å²) in [5, 5.41) is 2.74. The van der Waals surface area contributed by atoms with Gasteiger partial charge in [0.05, 0.1) is 12.6 Å². The minimum absolute atomic E-state index is 0.0898. The number of rotatable bonds is 9. The summed E-state index contributed by atoms with van der Waals surface area (Å²) in [5.74, 6) is -1.82. The van der Waals surface area contributed by atoms with Gasteiger partial charge < -0.3 is 10.2 Å². The number of ketones is 1. The Morgan fingerprint density at radius 1 is 1.12 bits per heavy atom. The summed E-state index contributed by atoms with van der Waals surface area (Å²) in [4.78, 5) is 57.3. The maximum absolute atomic E-state index is 13.1. The predicted octanol–water partition coefficient (Wildman–Crippen LogP) is 2.27. The molecule has 8 heteroatoms. The summed E-state index contributed by atoms with van der Waals surface area (Å²) in [6.07, 6.45) is 5.64. The molecular formula is C24H33N3O5. The maximum atomic E-state index is 13.1. The number of Topliss-reactive ketones (excluding diaryl/α,β-unsaturated/α-hetero) is 1. The highest BCUT2D eigenvalue weighted by Crippen LogP contribution is 2.39. The molecule has 32 heavy (non-hydrogen) atoms. The predicted molar refractivity (Wildman–Crippen MR) is 118 cm³/mol. The summed E-state index contributed by atoms with van der Waals surface area (Å²) in [7, 11) is 0. The lowest BCUT2D eigenvalue weighted by molar-refractivity contribution is -0.148. The molecule has 4 atom stereocenters. The van der Waals surface area contributed by atoms with Crippen molar-refractivity contribution in [3.63, 3.8) is 0 Å². The standard InChI is InChI=1S/C24H33N3O5/c1-3-9-19(22(29)24(31)26-32-15-17-10-5-4-6-11-17)25-23(30)21-14-18-12-7-8-13-20(18)27(21)16(2)28/h4-6,10-11,18-21H,3,7-9,12-15H2,1-2H3,(H,25,30)(H,26,31)/t18-,19-,20-,21-/m0/s1. The zero-order valence-electron chi connectivity index (χ0n) is 18.8. The van der Waals surface area contributed by atoms with Crippen LogP contribution in [0.25, 0.3) is 0 Å². The number of hydrogen-bond acceptors (Lipinski definition) is 5. The molecule has 1 aliphatic carbocycles. The zero-order chi connectivity index (χ0) is 23.1. The molecule has 3 amide bonds. The van der Waals surface area contributed by atoms with Crippen molar-refractivity contribution in [1.29, 1.82) is 0 Å². The first-order valence-electron chi connectivity index (χ1n) is 11.5. The van der Waals surface area contributed by atoms with E-state index in [1.807, 2.05) is 37.3 Å². The lowest BCUT2D eigenvalue weighted by Gasteiger charge is -2.33. The molecule has 1 saturated heterocycles. The highest BCUT2D eigenvalue weighted by atomic mass is 16.7. The maximum Gasteiger partial charge on any atom is 0.313 e. The first-order chi connectivity index (χ1) is 15.4. The molecular weight excluding hydrogens is 410 g/mol. The molecule has 1 heterocycles. The van der Waals surface area contributed by atoms with Gasteiger partial charge in [0, 0.05) is 13.0 Å². The molecule has 0 unspecified atom stereocenters. The summed E-state index contributed by atoms with van der Waals surface area (Å²) < 4.78 is 0. The zero-order valence-corrected chi connectivity index (χ0v) is 18.8. The lowest BCUT2D eigenvalue weighted by Crippen LogP contribution is -2.54. The van der Waals surface area contributed by atoms with Gasteiger partial charge in [-0.1, -0.05) is 56.5 Å². The number of benzene rings is 1. The van der Waals surface area contributed by atoms with Gasteiger partial charge in [-0.05, 0) is 37.2 Å². The van der Waals surface area contributed by atoms with E-state index in [-0.39, 0.29) is 24.5 Å². The minimum atomic E-state index is -0.954. The van der Waals surface area contributed by atoms with Gasteiger partial charge in [0.25, 0.3) is 0 Å². The van der Waals surface area contributed by atoms with Crippen LogP contribution in [-0.4, -0.2) is 46.5 Å². The van der Waals surface area contributed by atoms with Crippen LogP contribution >= 0.6 is 0 Å². The van der Waals surface area contributed by atoms with Gasteiger partial charge in [-0.3, -0.25) is 24.0 Å². The van der Waals surface area contributed by atoms with E-state index >= 15 is 0 Å². The van der Waals surface area contributed by atoms with E-state index in [1.54, 1.807) is 4.90 Å². The quantitative estimate of drug-likeness (QED) is 0.450. The van der Waals surface area contributed by atoms with Gasteiger partial charge in [0.2, 0.25) is 17.6 Å². The van der Waals surface area contributed by atoms with Crippen LogP contribution < -0.4 is 10.8 Å². The van der Waals surface area contributed by atoms with Crippen molar-refractivity contribution in [2.45, 2.75) is 83.5 Å². The van der Waals surface area contributed by atoms with E-state index in [4.69, 9.17) is 4.84 Å². The van der Waals surface area contributed by atoms with Crippen LogP contribution in [0.4, 0.5) is 0 Å². The van der Waals surface area contributed by atoms with Gasteiger partial charge in [-0.2, -0.15) is 0 Å². The molecule has 0 radical (unpaired) electrons. The fourth-order valence-corrected chi connectivity index (χ4v) is 4.94. The van der Waals surface area contributed by atoms with E-state index in [0.717, 1.165) is 31.2 Å². The van der Waals surface area contributed by atoms with E-state index in [2.05, 4.69) is 10.8 Å². The fraction of sp³-hybridized carbons (Fsp3) is 0.583. The van der Waals surface area contributed by atoms with Crippen LogP contribution in [0.2, 0.25) is 0 Å². The molecule has 1 aromatic carbocycles. The molecule has 174 valence electrons. The first kappa shape index (κ1) is 23.9. The lowest BCUT2D eigenvalue weighted by atomic mass is 9.84. The summed E-state index contributed by atoms with van der Waals surface area (Å²) in [5.41, 5.74) is 3.03. The van der Waals surface area contributed by atoms with Gasteiger partial charge in [-0.25, -0.2) is 5.48 Å². The van der Waals surface area contributed by atoms with Crippen LogP contribution in [0.15, 0.2) is 30.3 Å². The molecule has 0 aromatic heterocycles. The molecule has 0 bridgehead atoms. The molecule has 2 fully saturated rings. The van der Waals surface area contributed by atoms with Gasteiger partial charge >= 0.3 is 5.91 Å². The van der Waals surface area contributed by atoms with Crippen LogP contribution in [0.3, 0.4) is 0 Å².